The van der Waals surface area contributed by atoms with E-state index in [0.29, 0.717) is 0 Å². The summed E-state index contributed by atoms with van der Waals surface area (Å²) < 4.78 is 0. The minimum Gasteiger partial charge on any atom is -0.371 e. The maximum atomic E-state index is 2.67. The van der Waals surface area contributed by atoms with E-state index in [1.165, 1.54) is 90.3 Å². The van der Waals surface area contributed by atoms with Crippen LogP contribution in [0.3, 0.4) is 0 Å². The molecule has 1 aliphatic rings. The van der Waals surface area contributed by atoms with Crippen LogP contribution < -0.4 is 4.90 Å². The van der Waals surface area contributed by atoms with E-state index >= 15 is 0 Å². The van der Waals surface area contributed by atoms with Gasteiger partial charge in [-0.15, -0.1) is 0 Å². The lowest BCUT2D eigenvalue weighted by atomic mass is 10.00. The molecule has 0 amide bonds. The van der Waals surface area contributed by atoms with Crippen molar-refractivity contribution in [2.75, 3.05) is 18.0 Å². The van der Waals surface area contributed by atoms with Crippen molar-refractivity contribution in [1.29, 1.82) is 0 Å². The standard InChI is InChI=1S/C26H31N/c1-3-5-9-18-27(19-10-6-4-2)24-17-16-20-12-11-15-22-21-13-7-8-14-23(21)26(24)25(20)22/h7-8,11-17H,3-6,9-10,18-19H2,1-2H3. The number of benzene rings is 3. The number of hydrogen-bond donors (Lipinski definition) is 0. The molecule has 27 heavy (non-hydrogen) atoms. The van der Waals surface area contributed by atoms with Crippen LogP contribution in [0.5, 0.6) is 0 Å². The molecule has 0 fully saturated rings. The van der Waals surface area contributed by atoms with E-state index in [1.807, 2.05) is 0 Å². The van der Waals surface area contributed by atoms with Gasteiger partial charge in [0.15, 0.2) is 0 Å². The molecule has 4 rings (SSSR count). The van der Waals surface area contributed by atoms with Crippen molar-refractivity contribution in [2.45, 2.75) is 52.4 Å². The van der Waals surface area contributed by atoms with Crippen molar-refractivity contribution in [2.24, 2.45) is 0 Å². The molecule has 0 radical (unpaired) electrons. The first-order chi connectivity index (χ1) is 13.3. The molecule has 1 aliphatic carbocycles. The second-order valence-electron chi connectivity index (χ2n) is 7.81. The Hall–Kier alpha value is -2.28. The van der Waals surface area contributed by atoms with Crippen LogP contribution in [0.4, 0.5) is 5.69 Å². The fraction of sp³-hybridized carbons (Fsp3) is 0.385. The maximum absolute atomic E-state index is 2.67. The Morgan fingerprint density at radius 1 is 0.630 bits per heavy atom. The van der Waals surface area contributed by atoms with Gasteiger partial charge in [-0.05, 0) is 46.4 Å². The Morgan fingerprint density at radius 2 is 1.30 bits per heavy atom. The quantitative estimate of drug-likeness (QED) is 0.278. The number of fused-ring (bicyclic) bond motifs is 3. The summed E-state index contributed by atoms with van der Waals surface area (Å²) in [7, 11) is 0. The Labute approximate surface area is 164 Å². The molecule has 3 aromatic rings. The molecule has 1 heteroatoms. The Kier molecular flexibility index (Phi) is 5.48. The van der Waals surface area contributed by atoms with Gasteiger partial charge in [0.1, 0.15) is 0 Å². The van der Waals surface area contributed by atoms with Gasteiger partial charge in [0.2, 0.25) is 0 Å². The van der Waals surface area contributed by atoms with E-state index < -0.39 is 0 Å². The number of unbranched alkanes of at least 4 members (excludes halogenated alkanes) is 4. The minimum absolute atomic E-state index is 1.17. The lowest BCUT2D eigenvalue weighted by molar-refractivity contribution is 0.637. The molecule has 0 atom stereocenters. The summed E-state index contributed by atoms with van der Waals surface area (Å²) in [5, 5.41) is 2.82. The van der Waals surface area contributed by atoms with Gasteiger partial charge in [-0.2, -0.15) is 0 Å². The number of hydrogen-bond acceptors (Lipinski definition) is 1. The normalized spacial score (nSPS) is 11.8. The first-order valence-electron chi connectivity index (χ1n) is 10.8. The van der Waals surface area contributed by atoms with Crippen LogP contribution >= 0.6 is 0 Å². The minimum atomic E-state index is 1.17. The molecule has 0 aliphatic heterocycles. The highest BCUT2D eigenvalue weighted by Gasteiger charge is 2.25. The van der Waals surface area contributed by atoms with E-state index in [0.717, 1.165) is 0 Å². The summed E-state index contributed by atoms with van der Waals surface area (Å²) in [4.78, 5) is 2.67. The second-order valence-corrected chi connectivity index (χ2v) is 7.81. The molecule has 140 valence electrons. The van der Waals surface area contributed by atoms with E-state index in [9.17, 15) is 0 Å². The molecule has 0 aromatic heterocycles. The Bertz CT molecular complexity index is 915. The van der Waals surface area contributed by atoms with E-state index in [-0.39, 0.29) is 0 Å². The molecule has 0 unspecified atom stereocenters. The van der Waals surface area contributed by atoms with Crippen molar-refractivity contribution in [1.82, 2.24) is 0 Å². The number of rotatable bonds is 9. The predicted molar refractivity (Wildman–Crippen MR) is 120 cm³/mol. The van der Waals surface area contributed by atoms with Crippen LogP contribution in [0.25, 0.3) is 33.0 Å². The van der Waals surface area contributed by atoms with Crippen LogP contribution in [0.2, 0.25) is 0 Å². The summed E-state index contributed by atoms with van der Waals surface area (Å²) in [5.74, 6) is 0. The zero-order valence-electron chi connectivity index (χ0n) is 16.8. The average Bonchev–Trinajstić information content (AvgIpc) is 3.04. The van der Waals surface area contributed by atoms with Crippen LogP contribution in [-0.4, -0.2) is 13.1 Å². The molecule has 1 nitrogen and oxygen atoms in total. The first kappa shape index (κ1) is 18.1. The molecule has 0 bridgehead atoms. The summed E-state index contributed by atoms with van der Waals surface area (Å²) in [6.45, 7) is 6.92. The van der Waals surface area contributed by atoms with Crippen molar-refractivity contribution >= 4 is 16.5 Å². The Morgan fingerprint density at radius 3 is 2.00 bits per heavy atom. The summed E-state index contributed by atoms with van der Waals surface area (Å²) in [6, 6.07) is 20.4. The van der Waals surface area contributed by atoms with Gasteiger partial charge >= 0.3 is 0 Å². The van der Waals surface area contributed by atoms with Crippen molar-refractivity contribution in [3.63, 3.8) is 0 Å². The zero-order chi connectivity index (χ0) is 18.6. The van der Waals surface area contributed by atoms with Gasteiger partial charge in [-0.1, -0.05) is 88.1 Å². The molecule has 3 aromatic carbocycles. The summed E-state index contributed by atoms with van der Waals surface area (Å²) in [5.41, 5.74) is 7.11. The zero-order valence-corrected chi connectivity index (χ0v) is 16.8. The third-order valence-corrected chi connectivity index (χ3v) is 5.91. The molecular formula is C26H31N. The molecule has 0 saturated carbocycles. The monoisotopic (exact) mass is 357 g/mol. The van der Waals surface area contributed by atoms with Crippen LogP contribution in [-0.2, 0) is 0 Å². The molecule has 0 saturated heterocycles. The first-order valence-corrected chi connectivity index (χ1v) is 10.8. The summed E-state index contributed by atoms with van der Waals surface area (Å²) >= 11 is 0. The van der Waals surface area contributed by atoms with Crippen LogP contribution in [0, 0.1) is 0 Å². The maximum Gasteiger partial charge on any atom is 0.0452 e. The smallest absolute Gasteiger partial charge is 0.0452 e. The SMILES string of the molecule is CCCCCN(CCCCC)c1ccc2cccc3c2c1-c1ccccc1-3. The number of anilines is 1. The highest BCUT2D eigenvalue weighted by molar-refractivity contribution is 6.18. The van der Waals surface area contributed by atoms with Gasteiger partial charge in [-0.3, -0.25) is 0 Å². The topological polar surface area (TPSA) is 3.24 Å². The average molecular weight is 358 g/mol. The molecule has 0 N–H and O–H groups in total. The molecule has 0 heterocycles. The summed E-state index contributed by atoms with van der Waals surface area (Å²) in [6.07, 6.45) is 7.75. The van der Waals surface area contributed by atoms with E-state index in [2.05, 4.69) is 73.3 Å². The van der Waals surface area contributed by atoms with Gasteiger partial charge in [0, 0.05) is 24.3 Å². The van der Waals surface area contributed by atoms with E-state index in [1.54, 1.807) is 0 Å². The largest absolute Gasteiger partial charge is 0.371 e. The fourth-order valence-corrected chi connectivity index (χ4v) is 4.52. The molecule has 0 spiro atoms. The van der Waals surface area contributed by atoms with Crippen molar-refractivity contribution in [3.8, 4) is 22.3 Å². The third-order valence-electron chi connectivity index (χ3n) is 5.91. The van der Waals surface area contributed by atoms with Gasteiger partial charge in [0.25, 0.3) is 0 Å². The second kappa shape index (κ2) is 8.17. The highest BCUT2D eigenvalue weighted by atomic mass is 15.1. The lowest BCUT2D eigenvalue weighted by Gasteiger charge is -2.27. The van der Waals surface area contributed by atoms with Gasteiger partial charge < -0.3 is 4.90 Å². The van der Waals surface area contributed by atoms with Gasteiger partial charge in [0.05, 0.1) is 0 Å². The van der Waals surface area contributed by atoms with E-state index in [4.69, 9.17) is 0 Å². The number of nitrogens with zero attached hydrogens (tertiary/aromatic N) is 1. The van der Waals surface area contributed by atoms with Crippen molar-refractivity contribution in [3.05, 3.63) is 54.6 Å². The lowest BCUT2D eigenvalue weighted by Crippen LogP contribution is -2.26. The highest BCUT2D eigenvalue weighted by Crippen LogP contribution is 2.51. The van der Waals surface area contributed by atoms with Crippen LogP contribution in [0.1, 0.15) is 52.4 Å². The Balaban J connectivity index is 1.81. The van der Waals surface area contributed by atoms with Crippen molar-refractivity contribution < 1.29 is 0 Å². The predicted octanol–water partition coefficient (Wildman–Crippen LogP) is 7.67. The van der Waals surface area contributed by atoms with Gasteiger partial charge in [-0.25, -0.2) is 0 Å². The molecular weight excluding hydrogens is 326 g/mol. The third kappa shape index (κ3) is 3.36. The fourth-order valence-electron chi connectivity index (χ4n) is 4.52. The van der Waals surface area contributed by atoms with Crippen LogP contribution in [0.15, 0.2) is 54.6 Å².